The number of hydrogen-bond donors (Lipinski definition) is 1. The van der Waals surface area contributed by atoms with Crippen LogP contribution in [0.25, 0.3) is 0 Å². The number of carbonyl (C=O) groups is 2. The number of aromatic nitrogens is 2. The van der Waals surface area contributed by atoms with Crippen LogP contribution in [-0.4, -0.2) is 87.8 Å². The normalized spacial score (nSPS) is 19.7. The number of piperidine rings is 1. The van der Waals surface area contributed by atoms with Gasteiger partial charge in [0.05, 0.1) is 0 Å². The summed E-state index contributed by atoms with van der Waals surface area (Å²) in [6.07, 6.45) is 6.06. The Bertz CT molecular complexity index is 1190. The number of benzene rings is 1. The number of allylic oxidation sites excluding steroid dienone is 1. The lowest BCUT2D eigenvalue weighted by atomic mass is 9.84. The Morgan fingerprint density at radius 1 is 0.974 bits per heavy atom. The Morgan fingerprint density at radius 2 is 1.71 bits per heavy atom. The van der Waals surface area contributed by atoms with Crippen molar-refractivity contribution >= 4 is 23.4 Å². The summed E-state index contributed by atoms with van der Waals surface area (Å²) in [5.41, 5.74) is 4.87. The van der Waals surface area contributed by atoms with E-state index in [2.05, 4.69) is 51.9 Å². The molecule has 5 rings (SSSR count). The third kappa shape index (κ3) is 5.43. The number of nitrogens with zero attached hydrogens (tertiary/aromatic N) is 6. The maximum absolute atomic E-state index is 13.1. The van der Waals surface area contributed by atoms with Crippen molar-refractivity contribution in [1.82, 2.24) is 24.5 Å². The quantitative estimate of drug-likeness (QED) is 0.646. The van der Waals surface area contributed by atoms with Crippen LogP contribution in [0.15, 0.2) is 42.7 Å². The first kappa shape index (κ1) is 26.3. The lowest BCUT2D eigenvalue weighted by Gasteiger charge is -2.45. The first-order valence-corrected chi connectivity index (χ1v) is 13.9. The Labute approximate surface area is 226 Å². The van der Waals surface area contributed by atoms with Gasteiger partial charge in [0.25, 0.3) is 0 Å². The molecule has 9 heteroatoms. The van der Waals surface area contributed by atoms with Crippen molar-refractivity contribution in [3.05, 3.63) is 53.9 Å². The average molecular weight is 520 g/mol. The maximum Gasteiger partial charge on any atom is 0.344 e. The van der Waals surface area contributed by atoms with Crippen LogP contribution in [0.2, 0.25) is 0 Å². The molecule has 3 saturated heterocycles. The number of carbonyl (C=O) groups excluding carboxylic acids is 2. The lowest BCUT2D eigenvalue weighted by molar-refractivity contribution is -0.129. The summed E-state index contributed by atoms with van der Waals surface area (Å²) in [6.45, 7) is 16.3. The number of amides is 2. The fourth-order valence-corrected chi connectivity index (χ4v) is 6.35. The molecular weight excluding hydrogens is 478 g/mol. The van der Waals surface area contributed by atoms with Gasteiger partial charge in [0.15, 0.2) is 5.82 Å². The molecule has 3 aliphatic heterocycles. The summed E-state index contributed by atoms with van der Waals surface area (Å²) >= 11 is 0. The third-order valence-corrected chi connectivity index (χ3v) is 8.50. The van der Waals surface area contributed by atoms with Gasteiger partial charge in [-0.25, -0.2) is 4.79 Å². The standard InChI is InChI=1S/C29H41N7O2/c1-22(2)30-27-8-13-36(31-27)28(38)34-14-10-29(11-15-34)9-5-12-35(29)21-25-7-6-23(3)20-26(25)33-18-16-32(17-19-33)24(4)37/h6-8,13,20H,1,5,9-12,14-19,21H2,2-4H3,(H,30,31). The number of aryl methyl sites for hydroxylation is 1. The molecule has 1 aromatic carbocycles. The SMILES string of the molecule is C=C(C)Nc1ccn(C(=O)N2CCC3(CCCN3Cc3ccc(C)cc3N3CCN(C(C)=O)CC3)CC2)n1. The van der Waals surface area contributed by atoms with Gasteiger partial charge in [-0.3, -0.25) is 9.69 Å². The third-order valence-electron chi connectivity index (χ3n) is 8.50. The van der Waals surface area contributed by atoms with E-state index in [0.29, 0.717) is 5.82 Å². The van der Waals surface area contributed by atoms with Gasteiger partial charge in [0, 0.05) is 81.9 Å². The molecule has 38 heavy (non-hydrogen) atoms. The highest BCUT2D eigenvalue weighted by Gasteiger charge is 2.44. The molecule has 1 aromatic heterocycles. The predicted molar refractivity (Wildman–Crippen MR) is 150 cm³/mol. The zero-order valence-corrected chi connectivity index (χ0v) is 23.1. The Kier molecular flexibility index (Phi) is 7.47. The Hall–Kier alpha value is -3.33. The van der Waals surface area contributed by atoms with Crippen LogP contribution in [0.3, 0.4) is 0 Å². The number of piperazine rings is 1. The van der Waals surface area contributed by atoms with Crippen molar-refractivity contribution in [3.63, 3.8) is 0 Å². The number of hydrogen-bond acceptors (Lipinski definition) is 6. The van der Waals surface area contributed by atoms with Crippen LogP contribution in [0.4, 0.5) is 16.3 Å². The molecule has 9 nitrogen and oxygen atoms in total. The largest absolute Gasteiger partial charge is 0.368 e. The minimum absolute atomic E-state index is 0.0651. The second kappa shape index (κ2) is 10.8. The molecule has 0 radical (unpaired) electrons. The van der Waals surface area contributed by atoms with E-state index in [1.54, 1.807) is 19.2 Å². The van der Waals surface area contributed by atoms with Crippen molar-refractivity contribution in [2.75, 3.05) is 56.0 Å². The van der Waals surface area contributed by atoms with Crippen LogP contribution in [0.5, 0.6) is 0 Å². The fourth-order valence-electron chi connectivity index (χ4n) is 6.35. The van der Waals surface area contributed by atoms with Crippen LogP contribution in [0.1, 0.15) is 50.7 Å². The number of rotatable bonds is 5. The fraction of sp³-hybridized carbons (Fsp3) is 0.552. The van der Waals surface area contributed by atoms with Gasteiger partial charge in [-0.1, -0.05) is 18.7 Å². The molecule has 0 unspecified atom stereocenters. The minimum atomic E-state index is -0.0651. The molecule has 0 bridgehead atoms. The molecule has 0 atom stereocenters. The van der Waals surface area contributed by atoms with Crippen molar-refractivity contribution in [3.8, 4) is 0 Å². The molecule has 1 N–H and O–H groups in total. The van der Waals surface area contributed by atoms with E-state index in [9.17, 15) is 9.59 Å². The summed E-state index contributed by atoms with van der Waals surface area (Å²) in [4.78, 5) is 33.9. The average Bonchev–Trinajstić information content (AvgIpc) is 3.52. The molecule has 0 saturated carbocycles. The molecule has 3 fully saturated rings. The Morgan fingerprint density at radius 3 is 2.39 bits per heavy atom. The molecular formula is C29H41N7O2. The molecule has 0 aliphatic carbocycles. The first-order chi connectivity index (χ1) is 18.2. The molecule has 2 aromatic rings. The highest BCUT2D eigenvalue weighted by Crippen LogP contribution is 2.40. The summed E-state index contributed by atoms with van der Waals surface area (Å²) in [5, 5.41) is 7.44. The summed E-state index contributed by atoms with van der Waals surface area (Å²) in [6, 6.07) is 8.56. The zero-order chi connectivity index (χ0) is 26.9. The predicted octanol–water partition coefficient (Wildman–Crippen LogP) is 3.90. The molecule has 4 heterocycles. The monoisotopic (exact) mass is 519 g/mol. The van der Waals surface area contributed by atoms with Crippen molar-refractivity contribution in [2.24, 2.45) is 0 Å². The van der Waals surface area contributed by atoms with E-state index >= 15 is 0 Å². The van der Waals surface area contributed by atoms with Crippen LogP contribution in [-0.2, 0) is 11.3 Å². The summed E-state index contributed by atoms with van der Waals surface area (Å²) in [7, 11) is 0. The van der Waals surface area contributed by atoms with Crippen molar-refractivity contribution < 1.29 is 9.59 Å². The molecule has 204 valence electrons. The highest BCUT2D eigenvalue weighted by atomic mass is 16.2. The van der Waals surface area contributed by atoms with Gasteiger partial charge in [0.2, 0.25) is 5.91 Å². The van der Waals surface area contributed by atoms with Gasteiger partial charge < -0.3 is 20.0 Å². The van der Waals surface area contributed by atoms with Crippen LogP contribution < -0.4 is 10.2 Å². The topological polar surface area (TPSA) is 77.0 Å². The van der Waals surface area contributed by atoms with Crippen LogP contribution >= 0.6 is 0 Å². The van der Waals surface area contributed by atoms with Gasteiger partial charge in [-0.2, -0.15) is 4.68 Å². The van der Waals surface area contributed by atoms with E-state index in [4.69, 9.17) is 0 Å². The Balaban J connectivity index is 1.25. The summed E-state index contributed by atoms with van der Waals surface area (Å²) in [5.74, 6) is 0.798. The van der Waals surface area contributed by atoms with Crippen LogP contribution in [0, 0.1) is 6.92 Å². The van der Waals surface area contributed by atoms with Gasteiger partial charge in [0.1, 0.15) is 0 Å². The van der Waals surface area contributed by atoms with Crippen molar-refractivity contribution in [1.29, 1.82) is 0 Å². The number of nitrogens with one attached hydrogen (secondary N) is 1. The van der Waals surface area contributed by atoms with E-state index < -0.39 is 0 Å². The second-order valence-electron chi connectivity index (χ2n) is 11.2. The lowest BCUT2D eigenvalue weighted by Crippen LogP contribution is -2.53. The summed E-state index contributed by atoms with van der Waals surface area (Å²) < 4.78 is 1.43. The van der Waals surface area contributed by atoms with Gasteiger partial charge >= 0.3 is 6.03 Å². The van der Waals surface area contributed by atoms with E-state index in [1.165, 1.54) is 34.3 Å². The number of likely N-dealkylation sites (tertiary alicyclic amines) is 2. The molecule has 3 aliphatic rings. The highest BCUT2D eigenvalue weighted by molar-refractivity contribution is 5.76. The van der Waals surface area contributed by atoms with E-state index in [0.717, 1.165) is 70.9 Å². The zero-order valence-electron chi connectivity index (χ0n) is 23.1. The van der Waals surface area contributed by atoms with E-state index in [-0.39, 0.29) is 17.5 Å². The molecule has 2 amide bonds. The maximum atomic E-state index is 13.1. The second-order valence-corrected chi connectivity index (χ2v) is 11.2. The van der Waals surface area contributed by atoms with Crippen molar-refractivity contribution in [2.45, 2.75) is 58.5 Å². The first-order valence-electron chi connectivity index (χ1n) is 13.9. The smallest absolute Gasteiger partial charge is 0.344 e. The van der Waals surface area contributed by atoms with E-state index in [1.807, 2.05) is 16.7 Å². The minimum Gasteiger partial charge on any atom is -0.368 e. The van der Waals surface area contributed by atoms with Gasteiger partial charge in [-0.05, 0) is 63.3 Å². The van der Waals surface area contributed by atoms with Gasteiger partial charge in [-0.15, -0.1) is 5.10 Å². The number of anilines is 2. The molecule has 1 spiro atoms.